The molecule has 2 N–H and O–H groups in total. The molecule has 1 rings (SSSR count). The molecule has 0 saturated carbocycles. The van der Waals surface area contributed by atoms with Crippen LogP contribution in [0.15, 0.2) is 24.3 Å². The van der Waals surface area contributed by atoms with E-state index in [4.69, 9.17) is 12.2 Å². The van der Waals surface area contributed by atoms with Crippen molar-refractivity contribution in [1.82, 2.24) is 10.6 Å². The van der Waals surface area contributed by atoms with E-state index in [1.165, 1.54) is 12.1 Å². The molecule has 0 fully saturated rings. The number of halogens is 1. The van der Waals surface area contributed by atoms with E-state index < -0.39 is 0 Å². The second kappa shape index (κ2) is 4.77. The highest BCUT2D eigenvalue weighted by Gasteiger charge is 1.94. The summed E-state index contributed by atoms with van der Waals surface area (Å²) >= 11 is 4.88. The second-order valence-corrected chi connectivity index (χ2v) is 2.97. The van der Waals surface area contributed by atoms with Gasteiger partial charge in [0, 0.05) is 13.6 Å². The van der Waals surface area contributed by atoms with Crippen molar-refractivity contribution < 1.29 is 4.39 Å². The molecule has 0 aliphatic heterocycles. The Balaban J connectivity index is 2.46. The maximum absolute atomic E-state index is 12.5. The Morgan fingerprint density at radius 1 is 1.38 bits per heavy atom. The fourth-order valence-electron chi connectivity index (χ4n) is 0.873. The molecule has 0 atom stereocenters. The van der Waals surface area contributed by atoms with Crippen LogP contribution in [-0.4, -0.2) is 12.2 Å². The highest BCUT2D eigenvalue weighted by molar-refractivity contribution is 7.80. The smallest absolute Gasteiger partial charge is 0.166 e. The van der Waals surface area contributed by atoms with Gasteiger partial charge < -0.3 is 10.6 Å². The number of hydrogen-bond acceptors (Lipinski definition) is 1. The lowest BCUT2D eigenvalue weighted by Gasteiger charge is -2.06. The minimum absolute atomic E-state index is 0.222. The van der Waals surface area contributed by atoms with E-state index >= 15 is 0 Å². The average Bonchev–Trinajstić information content (AvgIpc) is 2.16. The van der Waals surface area contributed by atoms with Gasteiger partial charge in [0.1, 0.15) is 5.82 Å². The zero-order chi connectivity index (χ0) is 9.68. The van der Waals surface area contributed by atoms with Crippen LogP contribution in [0.1, 0.15) is 5.56 Å². The molecule has 0 radical (unpaired) electrons. The standard InChI is InChI=1S/C9H11FN2S/c1-11-9(13)12-6-7-2-4-8(10)5-3-7/h2-5H,6H2,1H3,(H2,11,12,13). The molecule has 13 heavy (non-hydrogen) atoms. The highest BCUT2D eigenvalue weighted by atomic mass is 32.1. The molecule has 0 amide bonds. The quantitative estimate of drug-likeness (QED) is 0.703. The number of rotatable bonds is 2. The number of nitrogens with one attached hydrogen (secondary N) is 2. The van der Waals surface area contributed by atoms with E-state index in [2.05, 4.69) is 10.6 Å². The van der Waals surface area contributed by atoms with Crippen LogP contribution < -0.4 is 10.6 Å². The maximum atomic E-state index is 12.5. The fraction of sp³-hybridized carbons (Fsp3) is 0.222. The van der Waals surface area contributed by atoms with Gasteiger partial charge in [-0.25, -0.2) is 4.39 Å². The summed E-state index contributed by atoms with van der Waals surface area (Å²) in [7, 11) is 1.75. The van der Waals surface area contributed by atoms with Crippen LogP contribution in [0, 0.1) is 5.82 Å². The van der Waals surface area contributed by atoms with Gasteiger partial charge in [0.25, 0.3) is 0 Å². The van der Waals surface area contributed by atoms with Gasteiger partial charge in [-0.3, -0.25) is 0 Å². The lowest BCUT2D eigenvalue weighted by molar-refractivity contribution is 0.626. The SMILES string of the molecule is CNC(=S)NCc1ccc(F)cc1. The van der Waals surface area contributed by atoms with Crippen LogP contribution in [0.3, 0.4) is 0 Å². The zero-order valence-corrected chi connectivity index (χ0v) is 8.12. The van der Waals surface area contributed by atoms with Gasteiger partial charge in [-0.2, -0.15) is 0 Å². The van der Waals surface area contributed by atoms with E-state index in [9.17, 15) is 4.39 Å². The van der Waals surface area contributed by atoms with Gasteiger partial charge >= 0.3 is 0 Å². The van der Waals surface area contributed by atoms with Crippen molar-refractivity contribution >= 4 is 17.3 Å². The highest BCUT2D eigenvalue weighted by Crippen LogP contribution is 2.01. The van der Waals surface area contributed by atoms with Crippen molar-refractivity contribution in [2.24, 2.45) is 0 Å². The molecule has 0 saturated heterocycles. The summed E-state index contributed by atoms with van der Waals surface area (Å²) in [6, 6.07) is 6.31. The summed E-state index contributed by atoms with van der Waals surface area (Å²) in [4.78, 5) is 0. The first-order chi connectivity index (χ1) is 6.22. The van der Waals surface area contributed by atoms with Crippen molar-refractivity contribution in [3.05, 3.63) is 35.6 Å². The predicted molar refractivity (Wildman–Crippen MR) is 54.9 cm³/mol. The van der Waals surface area contributed by atoms with Crippen LogP contribution in [0.25, 0.3) is 0 Å². The van der Waals surface area contributed by atoms with Crippen LogP contribution >= 0.6 is 12.2 Å². The lowest BCUT2D eigenvalue weighted by Crippen LogP contribution is -2.31. The monoisotopic (exact) mass is 198 g/mol. The zero-order valence-electron chi connectivity index (χ0n) is 7.30. The third-order valence-electron chi connectivity index (χ3n) is 1.59. The summed E-state index contributed by atoms with van der Waals surface area (Å²) in [6.45, 7) is 0.611. The van der Waals surface area contributed by atoms with Crippen LogP contribution in [-0.2, 0) is 6.54 Å². The fourth-order valence-corrected chi connectivity index (χ4v) is 0.945. The summed E-state index contributed by atoms with van der Waals surface area (Å²) in [5.41, 5.74) is 0.999. The van der Waals surface area contributed by atoms with E-state index in [1.54, 1.807) is 19.2 Å². The number of thiocarbonyl (C=S) groups is 1. The average molecular weight is 198 g/mol. The first kappa shape index (κ1) is 9.92. The van der Waals surface area contributed by atoms with Gasteiger partial charge in [0.2, 0.25) is 0 Å². The van der Waals surface area contributed by atoms with E-state index in [1.807, 2.05) is 0 Å². The summed E-state index contributed by atoms with van der Waals surface area (Å²) in [5, 5.41) is 6.35. The molecule has 0 spiro atoms. The minimum Gasteiger partial charge on any atom is -0.366 e. The molecule has 4 heteroatoms. The largest absolute Gasteiger partial charge is 0.366 e. The number of hydrogen-bond donors (Lipinski definition) is 2. The van der Waals surface area contributed by atoms with Crippen LogP contribution in [0.2, 0.25) is 0 Å². The van der Waals surface area contributed by atoms with Gasteiger partial charge in [-0.05, 0) is 29.9 Å². The minimum atomic E-state index is -0.222. The molecule has 1 aromatic carbocycles. The van der Waals surface area contributed by atoms with E-state index in [0.717, 1.165) is 5.56 Å². The van der Waals surface area contributed by atoms with Crippen LogP contribution in [0.5, 0.6) is 0 Å². The van der Waals surface area contributed by atoms with Gasteiger partial charge in [-0.1, -0.05) is 12.1 Å². The Kier molecular flexibility index (Phi) is 3.64. The molecule has 1 aromatic rings. The molecule has 0 bridgehead atoms. The van der Waals surface area contributed by atoms with Gasteiger partial charge in [-0.15, -0.1) is 0 Å². The van der Waals surface area contributed by atoms with Crippen molar-refractivity contribution in [1.29, 1.82) is 0 Å². The lowest BCUT2D eigenvalue weighted by atomic mass is 10.2. The summed E-state index contributed by atoms with van der Waals surface area (Å²) in [5.74, 6) is -0.222. The van der Waals surface area contributed by atoms with Crippen LogP contribution in [0.4, 0.5) is 4.39 Å². The Morgan fingerprint density at radius 2 is 2.00 bits per heavy atom. The Labute approximate surface area is 82.2 Å². The van der Waals surface area contributed by atoms with E-state index in [-0.39, 0.29) is 5.82 Å². The Bertz CT molecular complexity index is 284. The topological polar surface area (TPSA) is 24.1 Å². The Morgan fingerprint density at radius 3 is 2.54 bits per heavy atom. The normalized spacial score (nSPS) is 9.38. The first-order valence-corrected chi connectivity index (χ1v) is 4.33. The van der Waals surface area contributed by atoms with Gasteiger partial charge in [0.15, 0.2) is 5.11 Å². The summed E-state index contributed by atoms with van der Waals surface area (Å²) < 4.78 is 12.5. The van der Waals surface area contributed by atoms with E-state index in [0.29, 0.717) is 11.7 Å². The van der Waals surface area contributed by atoms with Crippen molar-refractivity contribution in [3.8, 4) is 0 Å². The molecule has 0 aromatic heterocycles. The maximum Gasteiger partial charge on any atom is 0.166 e. The van der Waals surface area contributed by atoms with Crippen molar-refractivity contribution in [3.63, 3.8) is 0 Å². The molecule has 70 valence electrons. The second-order valence-electron chi connectivity index (χ2n) is 2.56. The molecule has 2 nitrogen and oxygen atoms in total. The molecule has 0 aliphatic rings. The number of benzene rings is 1. The molecule has 0 heterocycles. The van der Waals surface area contributed by atoms with Crippen molar-refractivity contribution in [2.75, 3.05) is 7.05 Å². The first-order valence-electron chi connectivity index (χ1n) is 3.92. The molecular formula is C9H11FN2S. The summed E-state index contributed by atoms with van der Waals surface area (Å²) in [6.07, 6.45) is 0. The Hall–Kier alpha value is -1.16. The molecule has 0 unspecified atom stereocenters. The predicted octanol–water partition coefficient (Wildman–Crippen LogP) is 1.42. The third kappa shape index (κ3) is 3.38. The third-order valence-corrected chi connectivity index (χ3v) is 1.94. The molecule has 0 aliphatic carbocycles. The van der Waals surface area contributed by atoms with Crippen molar-refractivity contribution in [2.45, 2.75) is 6.54 Å². The molecular weight excluding hydrogens is 187 g/mol. The van der Waals surface area contributed by atoms with Gasteiger partial charge in [0.05, 0.1) is 0 Å².